The second-order valence-corrected chi connectivity index (χ2v) is 8.31. The summed E-state index contributed by atoms with van der Waals surface area (Å²) in [6.45, 7) is 0. The Morgan fingerprint density at radius 3 is 2.81 bits per heavy atom. The summed E-state index contributed by atoms with van der Waals surface area (Å²) in [6.07, 6.45) is 3.95. The van der Waals surface area contributed by atoms with E-state index in [-0.39, 0.29) is 28.2 Å². The molecule has 11 heteroatoms. The largest absolute Gasteiger partial charge is 0.480 e. The van der Waals surface area contributed by atoms with E-state index in [1.54, 1.807) is 13.2 Å². The van der Waals surface area contributed by atoms with Crippen LogP contribution in [0.3, 0.4) is 0 Å². The molecular weight excluding hydrogens is 428 g/mol. The maximum atomic E-state index is 15.0. The topological polar surface area (TPSA) is 112 Å². The van der Waals surface area contributed by atoms with Gasteiger partial charge in [0, 0.05) is 36.5 Å². The Morgan fingerprint density at radius 1 is 1.32 bits per heavy atom. The van der Waals surface area contributed by atoms with Gasteiger partial charge in [-0.3, -0.25) is 14.5 Å². The Kier molecular flexibility index (Phi) is 6.75. The number of aliphatic imine (C=N–C) groups is 1. The fraction of sp³-hybridized carbons (Fsp3) is 0.400. The predicted octanol–water partition coefficient (Wildman–Crippen LogP) is 2.71. The second-order valence-electron chi connectivity index (χ2n) is 7.27. The number of ether oxygens (including phenoxy) is 2. The van der Waals surface area contributed by atoms with E-state index in [1.807, 2.05) is 0 Å². The van der Waals surface area contributed by atoms with Gasteiger partial charge in [-0.15, -0.1) is 0 Å². The first-order valence-corrected chi connectivity index (χ1v) is 10.4. The molecule has 31 heavy (non-hydrogen) atoms. The summed E-state index contributed by atoms with van der Waals surface area (Å²) in [5.41, 5.74) is 6.19. The molecule has 0 spiro atoms. The average Bonchev–Trinajstić information content (AvgIpc) is 3.14. The van der Waals surface area contributed by atoms with Crippen LogP contribution in [0.15, 0.2) is 35.6 Å². The SMILES string of the molecule is COc1cnc(C(=O)Nc2ccc(F)c([C@]34C[C@H](OC)C[C@H]3CSC(N)=N4)c2)cn1.F. The van der Waals surface area contributed by atoms with Crippen LogP contribution in [-0.4, -0.2) is 47.1 Å². The van der Waals surface area contributed by atoms with Gasteiger partial charge in [0.2, 0.25) is 5.88 Å². The first-order valence-electron chi connectivity index (χ1n) is 9.43. The van der Waals surface area contributed by atoms with Crippen LogP contribution in [-0.2, 0) is 10.3 Å². The van der Waals surface area contributed by atoms with Gasteiger partial charge in [0.1, 0.15) is 11.5 Å². The highest BCUT2D eigenvalue weighted by atomic mass is 32.2. The van der Waals surface area contributed by atoms with E-state index in [0.717, 1.165) is 12.2 Å². The summed E-state index contributed by atoms with van der Waals surface area (Å²) in [5.74, 6) is 0.294. The van der Waals surface area contributed by atoms with Gasteiger partial charge in [0.25, 0.3) is 5.91 Å². The maximum Gasteiger partial charge on any atom is 0.275 e. The number of hydrogen-bond acceptors (Lipinski definition) is 8. The van der Waals surface area contributed by atoms with Crippen molar-refractivity contribution in [2.45, 2.75) is 24.5 Å². The van der Waals surface area contributed by atoms with Gasteiger partial charge < -0.3 is 20.5 Å². The van der Waals surface area contributed by atoms with E-state index in [1.165, 1.54) is 43.4 Å². The molecule has 2 heterocycles. The number of methoxy groups -OCH3 is 2. The molecule has 1 saturated carbocycles. The first-order chi connectivity index (χ1) is 14.4. The third-order valence-corrected chi connectivity index (χ3v) is 6.55. The molecule has 3 atom stereocenters. The van der Waals surface area contributed by atoms with Crippen LogP contribution in [0.5, 0.6) is 5.88 Å². The number of rotatable bonds is 5. The molecule has 166 valence electrons. The molecule has 0 unspecified atom stereocenters. The van der Waals surface area contributed by atoms with Gasteiger partial charge >= 0.3 is 0 Å². The highest BCUT2D eigenvalue weighted by Crippen LogP contribution is 2.52. The molecule has 4 rings (SSSR count). The molecule has 1 aromatic carbocycles. The van der Waals surface area contributed by atoms with Crippen LogP contribution >= 0.6 is 11.8 Å². The lowest BCUT2D eigenvalue weighted by Crippen LogP contribution is -2.37. The second kappa shape index (κ2) is 9.15. The summed E-state index contributed by atoms with van der Waals surface area (Å²) in [5, 5.41) is 3.19. The molecule has 0 radical (unpaired) electrons. The van der Waals surface area contributed by atoms with Gasteiger partial charge in [-0.2, -0.15) is 0 Å². The quantitative estimate of drug-likeness (QED) is 0.719. The van der Waals surface area contributed by atoms with E-state index in [4.69, 9.17) is 20.2 Å². The third-order valence-electron chi connectivity index (χ3n) is 5.60. The summed E-state index contributed by atoms with van der Waals surface area (Å²) in [7, 11) is 3.12. The molecule has 2 aliphatic rings. The Balaban J connectivity index is 0.00000272. The Bertz CT molecular complexity index is 991. The number of nitrogens with two attached hydrogens (primary N) is 1. The van der Waals surface area contributed by atoms with Crippen LogP contribution in [0.2, 0.25) is 0 Å². The fourth-order valence-corrected chi connectivity index (χ4v) is 5.12. The van der Waals surface area contributed by atoms with Crippen LogP contribution < -0.4 is 15.8 Å². The number of thioether (sulfide) groups is 1. The number of carbonyl (C=O) groups excluding carboxylic acids is 1. The zero-order valence-electron chi connectivity index (χ0n) is 17.0. The molecule has 1 amide bonds. The van der Waals surface area contributed by atoms with Gasteiger partial charge in [-0.25, -0.2) is 14.4 Å². The first kappa shape index (κ1) is 22.9. The number of nitrogens with zero attached hydrogens (tertiary/aromatic N) is 3. The number of benzene rings is 1. The normalized spacial score (nSPS) is 24.5. The minimum absolute atomic E-state index is 0. The van der Waals surface area contributed by atoms with E-state index in [9.17, 15) is 9.18 Å². The van der Waals surface area contributed by atoms with Crippen molar-refractivity contribution in [3.8, 4) is 5.88 Å². The number of carbonyl (C=O) groups is 1. The molecule has 2 aromatic rings. The standard InChI is InChI=1S/C20H22FN5O3S.FH/c1-28-13-5-11-10-30-19(22)26-20(11,7-13)14-6-12(3-4-15(14)21)25-18(27)16-8-24-17(29-2)9-23-16;/h3-4,6,8-9,11,13H,5,7,10H2,1-2H3,(H2,22,26)(H,25,27);1H/t11-,13+,20-;/m0./s1. The van der Waals surface area contributed by atoms with Crippen molar-refractivity contribution in [1.82, 2.24) is 9.97 Å². The lowest BCUT2D eigenvalue weighted by Gasteiger charge is -2.36. The average molecular weight is 451 g/mol. The predicted molar refractivity (Wildman–Crippen MR) is 115 cm³/mol. The molecule has 1 aliphatic carbocycles. The smallest absolute Gasteiger partial charge is 0.275 e. The van der Waals surface area contributed by atoms with Crippen molar-refractivity contribution in [2.24, 2.45) is 16.6 Å². The van der Waals surface area contributed by atoms with E-state index in [2.05, 4.69) is 15.3 Å². The Morgan fingerprint density at radius 2 is 2.13 bits per heavy atom. The lowest BCUT2D eigenvalue weighted by atomic mass is 9.81. The zero-order valence-corrected chi connectivity index (χ0v) is 17.8. The fourth-order valence-electron chi connectivity index (χ4n) is 4.11. The number of halogens is 2. The zero-order chi connectivity index (χ0) is 21.3. The third kappa shape index (κ3) is 4.33. The van der Waals surface area contributed by atoms with Crippen molar-refractivity contribution in [2.75, 3.05) is 25.3 Å². The molecular formula is C20H23F2N5O3S. The molecule has 3 N–H and O–H groups in total. The summed E-state index contributed by atoms with van der Waals surface area (Å²) in [4.78, 5) is 25.2. The van der Waals surface area contributed by atoms with Crippen LogP contribution in [0, 0.1) is 11.7 Å². The number of amidine groups is 1. The molecule has 1 fully saturated rings. The number of hydrogen-bond donors (Lipinski definition) is 2. The Hall–Kier alpha value is -2.79. The van der Waals surface area contributed by atoms with Gasteiger partial charge in [-0.05, 0) is 24.6 Å². The van der Waals surface area contributed by atoms with Crippen molar-refractivity contribution in [3.63, 3.8) is 0 Å². The number of aromatic nitrogens is 2. The monoisotopic (exact) mass is 451 g/mol. The van der Waals surface area contributed by atoms with Gasteiger partial charge in [0.15, 0.2) is 5.17 Å². The maximum absolute atomic E-state index is 15.0. The van der Waals surface area contributed by atoms with Crippen LogP contribution in [0.4, 0.5) is 14.8 Å². The molecule has 0 bridgehead atoms. The number of nitrogens with one attached hydrogen (secondary N) is 1. The van der Waals surface area contributed by atoms with Crippen molar-refractivity contribution in [1.29, 1.82) is 0 Å². The van der Waals surface area contributed by atoms with Crippen molar-refractivity contribution >= 4 is 28.5 Å². The highest BCUT2D eigenvalue weighted by Gasteiger charge is 2.52. The number of amides is 1. The lowest BCUT2D eigenvalue weighted by molar-refractivity contribution is 0.101. The molecule has 8 nitrogen and oxygen atoms in total. The molecule has 0 saturated heterocycles. The van der Waals surface area contributed by atoms with E-state index >= 15 is 0 Å². The van der Waals surface area contributed by atoms with Crippen molar-refractivity contribution < 1.29 is 23.4 Å². The minimum atomic E-state index is -0.805. The van der Waals surface area contributed by atoms with Gasteiger partial charge in [0.05, 0.1) is 31.1 Å². The van der Waals surface area contributed by atoms with E-state index < -0.39 is 11.4 Å². The van der Waals surface area contributed by atoms with Gasteiger partial charge in [-0.1, -0.05) is 11.8 Å². The molecule has 1 aromatic heterocycles. The Labute approximate surface area is 182 Å². The van der Waals surface area contributed by atoms with Crippen molar-refractivity contribution in [3.05, 3.63) is 47.7 Å². The number of anilines is 1. The molecule has 1 aliphatic heterocycles. The van der Waals surface area contributed by atoms with Crippen LogP contribution in [0.1, 0.15) is 28.9 Å². The highest BCUT2D eigenvalue weighted by molar-refractivity contribution is 8.13. The van der Waals surface area contributed by atoms with Crippen LogP contribution in [0.25, 0.3) is 0 Å². The van der Waals surface area contributed by atoms with E-state index in [0.29, 0.717) is 28.7 Å². The summed E-state index contributed by atoms with van der Waals surface area (Å²) in [6, 6.07) is 4.47. The minimum Gasteiger partial charge on any atom is -0.480 e. The number of fused-ring (bicyclic) bond motifs is 1. The summed E-state index contributed by atoms with van der Waals surface area (Å²) >= 11 is 1.48. The summed E-state index contributed by atoms with van der Waals surface area (Å²) < 4.78 is 25.5.